The summed E-state index contributed by atoms with van der Waals surface area (Å²) in [5, 5.41) is 11.0. The van der Waals surface area contributed by atoms with Crippen LogP contribution in [0.25, 0.3) is 0 Å². The van der Waals surface area contributed by atoms with Gasteiger partial charge in [-0.2, -0.15) is 13.2 Å². The van der Waals surface area contributed by atoms with Crippen LogP contribution < -0.4 is 9.84 Å². The molecule has 0 aliphatic rings. The normalized spacial score (nSPS) is 12.6. The van der Waals surface area contributed by atoms with Gasteiger partial charge >= 0.3 is 6.18 Å². The lowest BCUT2D eigenvalue weighted by atomic mass is 10.1. The maximum absolute atomic E-state index is 12.7. The Hall–Kier alpha value is -3.24. The Kier molecular flexibility index (Phi) is 8.71. The van der Waals surface area contributed by atoms with Crippen LogP contribution in [-0.2, 0) is 22.1 Å². The molecular weight excluding hydrogens is 409 g/mol. The summed E-state index contributed by atoms with van der Waals surface area (Å²) in [5.74, 6) is 4.85. The van der Waals surface area contributed by atoms with Gasteiger partial charge in [0.05, 0.1) is 11.5 Å². The smallest absolute Gasteiger partial charge is 0.416 e. The summed E-state index contributed by atoms with van der Waals surface area (Å²) in [5.41, 5.74) is 0.970. The second kappa shape index (κ2) is 11.2. The summed E-state index contributed by atoms with van der Waals surface area (Å²) >= 11 is 0. The zero-order valence-electron chi connectivity index (χ0n) is 17.2. The van der Waals surface area contributed by atoms with Gasteiger partial charge in [0.2, 0.25) is 0 Å². The van der Waals surface area contributed by atoms with Crippen LogP contribution in [0.4, 0.5) is 13.2 Å². The Bertz CT molecular complexity index is 967. The summed E-state index contributed by atoms with van der Waals surface area (Å²) in [6, 6.07) is 11.8. The van der Waals surface area contributed by atoms with E-state index >= 15 is 0 Å². The third-order valence-corrected chi connectivity index (χ3v) is 4.21. The van der Waals surface area contributed by atoms with Gasteiger partial charge < -0.3 is 19.4 Å². The van der Waals surface area contributed by atoms with Crippen LogP contribution in [0, 0.1) is 11.8 Å². The number of hydrogen-bond donors (Lipinski definition) is 0. The molecule has 0 amide bonds. The van der Waals surface area contributed by atoms with Crippen LogP contribution in [0.5, 0.6) is 5.75 Å². The minimum atomic E-state index is -4.40. The molecule has 2 rings (SSSR count). The standard InChI is InChI=1S/C24H23F3O4/c1-3-30-22(23(28)29)16-19-9-11-21(12-10-19)31-14-13-17(2)7-8-18-5-4-6-20(15-18)24(25,26)27/h4-6,9-13,15,22H,3,14,16H2,1-2H3,(H,28,29)/p-1/t22-/m0/s1. The first-order valence-corrected chi connectivity index (χ1v) is 9.59. The minimum absolute atomic E-state index is 0.195. The molecule has 0 aliphatic heterocycles. The van der Waals surface area contributed by atoms with Gasteiger partial charge in [-0.25, -0.2) is 0 Å². The topological polar surface area (TPSA) is 58.6 Å². The van der Waals surface area contributed by atoms with E-state index in [0.29, 0.717) is 11.3 Å². The van der Waals surface area contributed by atoms with Gasteiger partial charge in [-0.3, -0.25) is 0 Å². The number of carbonyl (C=O) groups excluding carboxylic acids is 1. The average molecular weight is 431 g/mol. The summed E-state index contributed by atoms with van der Waals surface area (Å²) in [6.07, 6.45) is -3.49. The van der Waals surface area contributed by atoms with E-state index in [-0.39, 0.29) is 25.2 Å². The number of carboxylic acid groups (broad SMARTS) is 1. The lowest BCUT2D eigenvalue weighted by Crippen LogP contribution is -2.39. The number of rotatable bonds is 8. The van der Waals surface area contributed by atoms with Crippen molar-refractivity contribution in [2.45, 2.75) is 32.5 Å². The van der Waals surface area contributed by atoms with Crippen LogP contribution in [0.2, 0.25) is 0 Å². The molecule has 0 saturated heterocycles. The van der Waals surface area contributed by atoms with Crippen LogP contribution >= 0.6 is 0 Å². The first kappa shape index (κ1) is 24.0. The Morgan fingerprint density at radius 3 is 2.52 bits per heavy atom. The van der Waals surface area contributed by atoms with E-state index in [1.807, 2.05) is 0 Å². The number of carbonyl (C=O) groups is 1. The predicted molar refractivity (Wildman–Crippen MR) is 108 cm³/mol. The van der Waals surface area contributed by atoms with Gasteiger partial charge in [0.15, 0.2) is 0 Å². The number of ether oxygens (including phenoxy) is 2. The van der Waals surface area contributed by atoms with Crippen molar-refractivity contribution in [3.63, 3.8) is 0 Å². The molecule has 0 spiro atoms. The van der Waals surface area contributed by atoms with E-state index in [4.69, 9.17) is 9.47 Å². The average Bonchev–Trinajstić information content (AvgIpc) is 2.72. The fraction of sp³-hybridized carbons (Fsp3) is 0.292. The van der Waals surface area contributed by atoms with Crippen LogP contribution in [-0.4, -0.2) is 25.3 Å². The number of hydrogen-bond acceptors (Lipinski definition) is 4. The second-order valence-corrected chi connectivity index (χ2v) is 6.64. The number of halogens is 3. The fourth-order valence-corrected chi connectivity index (χ4v) is 2.61. The number of alkyl halides is 3. The van der Waals surface area contributed by atoms with Gasteiger partial charge in [0.25, 0.3) is 0 Å². The van der Waals surface area contributed by atoms with Crippen LogP contribution in [0.1, 0.15) is 30.5 Å². The molecular formula is C24H22F3O4-. The molecule has 2 aromatic carbocycles. The SMILES string of the molecule is CCO[C@@H](Cc1ccc(OCC=C(C)C#Cc2cccc(C(F)(F)F)c2)cc1)C(=O)[O-]. The predicted octanol–water partition coefficient (Wildman–Crippen LogP) is 3.78. The van der Waals surface area contributed by atoms with Crippen molar-refractivity contribution in [3.05, 3.63) is 76.9 Å². The maximum atomic E-state index is 12.7. The molecule has 4 nitrogen and oxygen atoms in total. The molecule has 164 valence electrons. The van der Waals surface area contributed by atoms with E-state index in [1.165, 1.54) is 12.1 Å². The first-order chi connectivity index (χ1) is 14.7. The number of aliphatic carboxylic acids is 1. The van der Waals surface area contributed by atoms with E-state index in [2.05, 4.69) is 11.8 Å². The summed E-state index contributed by atoms with van der Waals surface area (Å²) in [4.78, 5) is 11.0. The van der Waals surface area contributed by atoms with Crippen molar-refractivity contribution < 1.29 is 32.5 Å². The highest BCUT2D eigenvalue weighted by atomic mass is 19.4. The van der Waals surface area contributed by atoms with Crippen molar-refractivity contribution in [2.75, 3.05) is 13.2 Å². The van der Waals surface area contributed by atoms with Gasteiger partial charge in [-0.1, -0.05) is 30.0 Å². The molecule has 0 saturated carbocycles. The van der Waals surface area contributed by atoms with Crippen LogP contribution in [0.3, 0.4) is 0 Å². The van der Waals surface area contributed by atoms with Gasteiger partial charge in [0.1, 0.15) is 18.5 Å². The van der Waals surface area contributed by atoms with E-state index in [9.17, 15) is 23.1 Å². The highest BCUT2D eigenvalue weighted by molar-refractivity contribution is 5.70. The molecule has 0 fully saturated rings. The van der Waals surface area contributed by atoms with Crippen molar-refractivity contribution in [1.82, 2.24) is 0 Å². The molecule has 0 bridgehead atoms. The van der Waals surface area contributed by atoms with Gasteiger partial charge in [-0.15, -0.1) is 0 Å². The molecule has 0 radical (unpaired) electrons. The number of benzene rings is 2. The first-order valence-electron chi connectivity index (χ1n) is 9.59. The highest BCUT2D eigenvalue weighted by Crippen LogP contribution is 2.29. The van der Waals surface area contributed by atoms with Gasteiger partial charge in [0, 0.05) is 18.6 Å². The monoisotopic (exact) mass is 431 g/mol. The van der Waals surface area contributed by atoms with E-state index in [0.717, 1.165) is 17.7 Å². The quantitative estimate of drug-likeness (QED) is 0.597. The zero-order chi connectivity index (χ0) is 22.9. The Morgan fingerprint density at radius 1 is 1.19 bits per heavy atom. The Balaban J connectivity index is 1.91. The highest BCUT2D eigenvalue weighted by Gasteiger charge is 2.30. The second-order valence-electron chi connectivity index (χ2n) is 6.64. The third-order valence-electron chi connectivity index (χ3n) is 4.21. The summed E-state index contributed by atoms with van der Waals surface area (Å²) in [7, 11) is 0. The molecule has 0 N–H and O–H groups in total. The van der Waals surface area contributed by atoms with Crippen molar-refractivity contribution in [2.24, 2.45) is 0 Å². The largest absolute Gasteiger partial charge is 0.547 e. The Morgan fingerprint density at radius 2 is 1.90 bits per heavy atom. The van der Waals surface area contributed by atoms with E-state index < -0.39 is 23.8 Å². The molecule has 31 heavy (non-hydrogen) atoms. The van der Waals surface area contributed by atoms with Gasteiger partial charge in [-0.05, 0) is 61.4 Å². The fourth-order valence-electron chi connectivity index (χ4n) is 2.61. The third kappa shape index (κ3) is 8.19. The number of allylic oxidation sites excluding steroid dienone is 1. The molecule has 7 heteroatoms. The van der Waals surface area contributed by atoms with Crippen molar-refractivity contribution in [3.8, 4) is 17.6 Å². The molecule has 2 aromatic rings. The summed E-state index contributed by atoms with van der Waals surface area (Å²) in [6.45, 7) is 3.96. The lowest BCUT2D eigenvalue weighted by molar-refractivity contribution is -0.316. The molecule has 0 heterocycles. The Labute approximate surface area is 179 Å². The van der Waals surface area contributed by atoms with Crippen LogP contribution in [0.15, 0.2) is 60.2 Å². The minimum Gasteiger partial charge on any atom is -0.547 e. The van der Waals surface area contributed by atoms with E-state index in [1.54, 1.807) is 44.2 Å². The molecule has 0 unspecified atom stereocenters. The summed E-state index contributed by atoms with van der Waals surface area (Å²) < 4.78 is 49.0. The molecule has 1 atom stereocenters. The van der Waals surface area contributed by atoms with Crippen molar-refractivity contribution in [1.29, 1.82) is 0 Å². The number of carboxylic acids is 1. The molecule has 0 aromatic heterocycles. The lowest BCUT2D eigenvalue weighted by Gasteiger charge is -2.18. The molecule has 0 aliphatic carbocycles. The maximum Gasteiger partial charge on any atom is 0.416 e. The van der Waals surface area contributed by atoms with Crippen molar-refractivity contribution >= 4 is 5.97 Å². The zero-order valence-corrected chi connectivity index (χ0v) is 17.2.